The van der Waals surface area contributed by atoms with Crippen LogP contribution in [0.25, 0.3) is 0 Å². The Morgan fingerprint density at radius 1 is 1.31 bits per heavy atom. The second-order valence-corrected chi connectivity index (χ2v) is 18.7. The Hall–Kier alpha value is 0.320. The van der Waals surface area contributed by atoms with Gasteiger partial charge in [-0.2, -0.15) is 0 Å². The van der Waals surface area contributed by atoms with Gasteiger partial charge < -0.3 is 0 Å². The molecule has 1 aromatic rings. The van der Waals surface area contributed by atoms with Crippen LogP contribution >= 0.6 is 37.8 Å². The number of hydrogen-bond donors (Lipinski definition) is 0. The molecule has 0 spiro atoms. The molecule has 0 aromatic heterocycles. The minimum atomic E-state index is -1.42. The largest absolute Gasteiger partial charge is 0.269 e. The highest BCUT2D eigenvalue weighted by Gasteiger charge is 2.25. The van der Waals surface area contributed by atoms with Crippen LogP contribution in [0.15, 0.2) is 29.2 Å². The van der Waals surface area contributed by atoms with E-state index in [2.05, 4.69) is 0 Å². The van der Waals surface area contributed by atoms with Gasteiger partial charge in [0.15, 0.2) is 0 Å². The Balaban J connectivity index is 2.10. The maximum Gasteiger partial charge on any atom is 0.269 e. The highest BCUT2D eigenvalue weighted by molar-refractivity contribution is 9.24. The van der Waals surface area contributed by atoms with E-state index in [0.717, 1.165) is 16.4 Å². The molecule has 1 saturated heterocycles. The first kappa shape index (κ1) is 12.8. The molecule has 1 aromatic carbocycles. The zero-order chi connectivity index (χ0) is 11.6. The number of rotatable bonds is 3. The molecule has 0 aliphatic carbocycles. The standard InChI is InChI=1S/C8H8NO2PS4/c10-9(11)7-1-3-8(4-2-7)16-12(13)14-5-6-15-12/h1-4H,5-6H2. The molecule has 0 saturated carbocycles. The van der Waals surface area contributed by atoms with E-state index in [1.807, 2.05) is 22.8 Å². The predicted octanol–water partition coefficient (Wildman–Crippen LogP) is 4.39. The van der Waals surface area contributed by atoms with E-state index in [9.17, 15) is 10.1 Å². The highest BCUT2D eigenvalue weighted by atomic mass is 33.5. The van der Waals surface area contributed by atoms with E-state index < -0.39 is 3.64 Å². The van der Waals surface area contributed by atoms with Crippen molar-refractivity contribution < 1.29 is 4.92 Å². The molecule has 0 radical (unpaired) electrons. The van der Waals surface area contributed by atoms with E-state index in [0.29, 0.717) is 0 Å². The molecule has 16 heavy (non-hydrogen) atoms. The van der Waals surface area contributed by atoms with Crippen molar-refractivity contribution >= 4 is 55.3 Å². The lowest BCUT2D eigenvalue weighted by atomic mass is 10.3. The Bertz CT molecular complexity index is 440. The van der Waals surface area contributed by atoms with Gasteiger partial charge in [0.1, 0.15) is 3.64 Å². The van der Waals surface area contributed by atoms with Crippen LogP contribution in [0.4, 0.5) is 5.69 Å². The number of hydrogen-bond acceptors (Lipinski definition) is 6. The summed E-state index contributed by atoms with van der Waals surface area (Å²) in [4.78, 5) is 11.2. The molecule has 0 amide bonds. The average Bonchev–Trinajstić information content (AvgIpc) is 2.65. The SMILES string of the molecule is O=[N+]([O-])c1ccc(SP2(=S)SCCS2)cc1. The molecule has 0 N–H and O–H groups in total. The van der Waals surface area contributed by atoms with Crippen LogP contribution in [-0.2, 0) is 11.8 Å². The van der Waals surface area contributed by atoms with Crippen molar-refractivity contribution in [3.63, 3.8) is 0 Å². The van der Waals surface area contributed by atoms with Crippen molar-refractivity contribution in [3.05, 3.63) is 34.4 Å². The van der Waals surface area contributed by atoms with E-state index >= 15 is 0 Å². The minimum absolute atomic E-state index is 0.132. The minimum Gasteiger partial charge on any atom is -0.258 e. The Labute approximate surface area is 111 Å². The molecule has 0 unspecified atom stereocenters. The van der Waals surface area contributed by atoms with Crippen LogP contribution in [0, 0.1) is 10.1 Å². The Kier molecular flexibility index (Phi) is 4.24. The fourth-order valence-corrected chi connectivity index (χ4v) is 15.2. The lowest BCUT2D eigenvalue weighted by Gasteiger charge is -2.11. The summed E-state index contributed by atoms with van der Waals surface area (Å²) in [7, 11) is 0. The number of nitro groups is 1. The van der Waals surface area contributed by atoms with Crippen molar-refractivity contribution in [2.75, 3.05) is 11.5 Å². The molecule has 1 aliphatic rings. The molecule has 1 fully saturated rings. The van der Waals surface area contributed by atoms with E-state index in [1.54, 1.807) is 23.5 Å². The maximum absolute atomic E-state index is 10.5. The Morgan fingerprint density at radius 3 is 2.38 bits per heavy atom. The topological polar surface area (TPSA) is 43.1 Å². The maximum atomic E-state index is 10.5. The van der Waals surface area contributed by atoms with Gasteiger partial charge in [0.2, 0.25) is 0 Å². The van der Waals surface area contributed by atoms with Crippen LogP contribution in [0.2, 0.25) is 0 Å². The van der Waals surface area contributed by atoms with E-state index in [4.69, 9.17) is 11.8 Å². The van der Waals surface area contributed by atoms with Crippen molar-refractivity contribution in [1.29, 1.82) is 0 Å². The summed E-state index contributed by atoms with van der Waals surface area (Å²) in [6.45, 7) is 0. The third kappa shape index (κ3) is 3.17. The summed E-state index contributed by atoms with van der Waals surface area (Å²) in [5.74, 6) is 2.25. The second-order valence-electron chi connectivity index (χ2n) is 2.96. The number of non-ortho nitro benzene ring substituents is 1. The molecule has 8 heteroatoms. The van der Waals surface area contributed by atoms with Crippen LogP contribution in [0.1, 0.15) is 0 Å². The fraction of sp³-hybridized carbons (Fsp3) is 0.250. The number of nitro benzene ring substituents is 1. The summed E-state index contributed by atoms with van der Waals surface area (Å²) < 4.78 is -1.42. The van der Waals surface area contributed by atoms with Gasteiger partial charge in [0.05, 0.1) is 4.92 Å². The van der Waals surface area contributed by atoms with Gasteiger partial charge in [0, 0.05) is 28.5 Å². The molecule has 0 bridgehead atoms. The molecule has 86 valence electrons. The first-order valence-electron chi connectivity index (χ1n) is 4.42. The summed E-state index contributed by atoms with van der Waals surface area (Å²) >= 11 is 11.0. The van der Waals surface area contributed by atoms with Crippen LogP contribution in [0.5, 0.6) is 0 Å². The molecule has 2 rings (SSSR count). The van der Waals surface area contributed by atoms with Gasteiger partial charge in [-0.15, -0.1) is 22.8 Å². The third-order valence-corrected chi connectivity index (χ3v) is 16.2. The van der Waals surface area contributed by atoms with Gasteiger partial charge in [-0.05, 0) is 12.1 Å². The summed E-state index contributed by atoms with van der Waals surface area (Å²) in [5, 5.41) is 10.5. The van der Waals surface area contributed by atoms with Crippen LogP contribution in [0.3, 0.4) is 0 Å². The fourth-order valence-electron chi connectivity index (χ4n) is 1.15. The summed E-state index contributed by atoms with van der Waals surface area (Å²) in [6.07, 6.45) is 0. The summed E-state index contributed by atoms with van der Waals surface area (Å²) in [6, 6.07) is 6.65. The molecular weight excluding hydrogens is 301 g/mol. The number of benzene rings is 1. The Morgan fingerprint density at radius 2 is 1.88 bits per heavy atom. The van der Waals surface area contributed by atoms with Gasteiger partial charge in [0.25, 0.3) is 5.69 Å². The quantitative estimate of drug-likeness (QED) is 0.468. The molecule has 3 nitrogen and oxygen atoms in total. The average molecular weight is 309 g/mol. The lowest BCUT2D eigenvalue weighted by Crippen LogP contribution is -1.86. The lowest BCUT2D eigenvalue weighted by molar-refractivity contribution is -0.384. The number of nitrogens with zero attached hydrogens (tertiary/aromatic N) is 1. The van der Waals surface area contributed by atoms with E-state index in [1.165, 1.54) is 12.1 Å². The molecular formula is C8H8NO2PS4. The third-order valence-electron chi connectivity index (χ3n) is 1.85. The first-order valence-corrected chi connectivity index (χ1v) is 11.8. The van der Waals surface area contributed by atoms with Crippen molar-refractivity contribution in [2.24, 2.45) is 0 Å². The van der Waals surface area contributed by atoms with Crippen molar-refractivity contribution in [3.8, 4) is 0 Å². The van der Waals surface area contributed by atoms with Crippen molar-refractivity contribution in [1.82, 2.24) is 0 Å². The highest BCUT2D eigenvalue weighted by Crippen LogP contribution is 2.83. The van der Waals surface area contributed by atoms with Gasteiger partial charge in [-0.3, -0.25) is 10.1 Å². The van der Waals surface area contributed by atoms with E-state index in [-0.39, 0.29) is 10.6 Å². The normalized spacial score (nSPS) is 18.5. The van der Waals surface area contributed by atoms with Gasteiger partial charge >= 0.3 is 0 Å². The first-order chi connectivity index (χ1) is 7.59. The van der Waals surface area contributed by atoms with Crippen LogP contribution in [-0.4, -0.2) is 16.4 Å². The predicted molar refractivity (Wildman–Crippen MR) is 78.2 cm³/mol. The molecule has 0 atom stereocenters. The van der Waals surface area contributed by atoms with Gasteiger partial charge in [-0.25, -0.2) is 0 Å². The van der Waals surface area contributed by atoms with Crippen LogP contribution < -0.4 is 0 Å². The second kappa shape index (κ2) is 5.31. The van der Waals surface area contributed by atoms with Crippen molar-refractivity contribution in [2.45, 2.75) is 4.90 Å². The smallest absolute Gasteiger partial charge is 0.258 e. The zero-order valence-electron chi connectivity index (χ0n) is 8.07. The van der Waals surface area contributed by atoms with Gasteiger partial charge in [-0.1, -0.05) is 23.2 Å². The molecule has 1 aliphatic heterocycles. The molecule has 1 heterocycles. The summed E-state index contributed by atoms with van der Waals surface area (Å²) in [5.41, 5.74) is 0.132. The monoisotopic (exact) mass is 309 g/mol. The zero-order valence-corrected chi connectivity index (χ0v) is 12.2.